The highest BCUT2D eigenvalue weighted by Gasteiger charge is 2.36. The van der Waals surface area contributed by atoms with Crippen LogP contribution in [-0.2, 0) is 5.54 Å². The van der Waals surface area contributed by atoms with Crippen LogP contribution in [0.3, 0.4) is 0 Å². The summed E-state index contributed by atoms with van der Waals surface area (Å²) in [5, 5.41) is 3.98. The van der Waals surface area contributed by atoms with E-state index in [9.17, 15) is 0 Å². The fourth-order valence-electron chi connectivity index (χ4n) is 2.18. The van der Waals surface area contributed by atoms with Crippen molar-refractivity contribution in [2.75, 3.05) is 0 Å². The zero-order valence-corrected chi connectivity index (χ0v) is 9.33. The van der Waals surface area contributed by atoms with E-state index in [2.05, 4.69) is 20.1 Å². The van der Waals surface area contributed by atoms with Crippen molar-refractivity contribution in [1.82, 2.24) is 20.1 Å². The van der Waals surface area contributed by atoms with Crippen LogP contribution in [0.15, 0.2) is 23.2 Å². The van der Waals surface area contributed by atoms with Gasteiger partial charge in [0.2, 0.25) is 0 Å². The van der Waals surface area contributed by atoms with E-state index in [1.165, 1.54) is 6.33 Å². The zero-order chi connectivity index (χ0) is 11.7. The number of rotatable bonds is 2. The summed E-state index contributed by atoms with van der Waals surface area (Å²) in [7, 11) is 0. The predicted molar refractivity (Wildman–Crippen MR) is 59.7 cm³/mol. The second kappa shape index (κ2) is 3.89. The highest BCUT2D eigenvalue weighted by molar-refractivity contribution is 5.48. The lowest BCUT2D eigenvalue weighted by atomic mass is 9.99. The van der Waals surface area contributed by atoms with Crippen LogP contribution in [0.2, 0.25) is 0 Å². The molecule has 0 unspecified atom stereocenters. The van der Waals surface area contributed by atoms with E-state index in [-0.39, 0.29) is 0 Å². The van der Waals surface area contributed by atoms with Crippen LogP contribution in [0.4, 0.5) is 0 Å². The van der Waals surface area contributed by atoms with Crippen molar-refractivity contribution in [2.24, 2.45) is 5.73 Å². The van der Waals surface area contributed by atoms with Crippen molar-refractivity contribution in [3.8, 4) is 11.5 Å². The van der Waals surface area contributed by atoms with E-state index >= 15 is 0 Å². The van der Waals surface area contributed by atoms with Crippen LogP contribution in [0.1, 0.15) is 31.5 Å². The first kappa shape index (κ1) is 10.3. The number of hydrogen-bond donors (Lipinski definition) is 1. The van der Waals surface area contributed by atoms with Gasteiger partial charge in [0.15, 0.2) is 5.82 Å². The van der Waals surface area contributed by atoms with Gasteiger partial charge in [0, 0.05) is 12.4 Å². The number of hydrogen-bond acceptors (Lipinski definition) is 6. The summed E-state index contributed by atoms with van der Waals surface area (Å²) in [5.74, 6) is 1.02. The third-order valence-electron chi connectivity index (χ3n) is 3.17. The largest absolute Gasteiger partial charge is 0.334 e. The molecule has 0 aromatic carbocycles. The Kier molecular flexibility index (Phi) is 2.36. The summed E-state index contributed by atoms with van der Waals surface area (Å²) in [5.41, 5.74) is 6.55. The Bertz CT molecular complexity index is 504. The minimum absolute atomic E-state index is 0.419. The van der Waals surface area contributed by atoms with Crippen LogP contribution in [0.25, 0.3) is 11.5 Å². The van der Waals surface area contributed by atoms with Crippen molar-refractivity contribution >= 4 is 0 Å². The molecule has 1 saturated carbocycles. The second-order valence-corrected chi connectivity index (χ2v) is 4.41. The Morgan fingerprint density at radius 1 is 1.18 bits per heavy atom. The zero-order valence-electron chi connectivity index (χ0n) is 9.33. The Labute approximate surface area is 98.3 Å². The Hall–Kier alpha value is -1.82. The smallest absolute Gasteiger partial charge is 0.261 e. The van der Waals surface area contributed by atoms with E-state index in [1.54, 1.807) is 12.4 Å². The van der Waals surface area contributed by atoms with Gasteiger partial charge in [-0.15, -0.1) is 0 Å². The van der Waals surface area contributed by atoms with Gasteiger partial charge in [0.25, 0.3) is 5.89 Å². The van der Waals surface area contributed by atoms with Crippen molar-refractivity contribution in [3.05, 3.63) is 24.5 Å². The van der Waals surface area contributed by atoms with Crippen LogP contribution in [0.5, 0.6) is 0 Å². The second-order valence-electron chi connectivity index (χ2n) is 4.41. The van der Waals surface area contributed by atoms with Gasteiger partial charge in [-0.05, 0) is 12.8 Å². The first-order valence-corrected chi connectivity index (χ1v) is 5.66. The van der Waals surface area contributed by atoms with E-state index in [0.29, 0.717) is 17.3 Å². The standard InChI is InChI=1S/C11H13N5O/c12-11(3-1-2-4-11)10-15-9(17-16-10)8-5-13-7-14-6-8/h5-7H,1-4,12H2. The molecule has 0 radical (unpaired) electrons. The van der Waals surface area contributed by atoms with Gasteiger partial charge in [0.05, 0.1) is 11.1 Å². The third kappa shape index (κ3) is 1.80. The molecule has 0 amide bonds. The Balaban J connectivity index is 1.93. The van der Waals surface area contributed by atoms with Gasteiger partial charge in [-0.1, -0.05) is 18.0 Å². The minimum atomic E-state index is -0.419. The lowest BCUT2D eigenvalue weighted by molar-refractivity contribution is 0.372. The van der Waals surface area contributed by atoms with Crippen LogP contribution in [0, 0.1) is 0 Å². The molecule has 1 aliphatic rings. The molecular formula is C11H13N5O. The first-order valence-electron chi connectivity index (χ1n) is 5.66. The molecule has 3 rings (SSSR count). The highest BCUT2D eigenvalue weighted by Crippen LogP contribution is 2.35. The van der Waals surface area contributed by atoms with Gasteiger partial charge in [-0.25, -0.2) is 9.97 Å². The summed E-state index contributed by atoms with van der Waals surface area (Å²) in [6, 6.07) is 0. The normalized spacial score (nSPS) is 18.4. The molecular weight excluding hydrogens is 218 g/mol. The monoisotopic (exact) mass is 231 g/mol. The molecule has 2 heterocycles. The van der Waals surface area contributed by atoms with Gasteiger partial charge in [-0.3, -0.25) is 0 Å². The van der Waals surface area contributed by atoms with E-state index < -0.39 is 5.54 Å². The summed E-state index contributed by atoms with van der Waals surface area (Å²) < 4.78 is 5.21. The first-order chi connectivity index (χ1) is 8.28. The van der Waals surface area contributed by atoms with Crippen LogP contribution in [-0.4, -0.2) is 20.1 Å². The molecule has 0 bridgehead atoms. The molecule has 88 valence electrons. The Morgan fingerprint density at radius 3 is 2.59 bits per heavy atom. The van der Waals surface area contributed by atoms with E-state index in [4.69, 9.17) is 10.3 Å². The van der Waals surface area contributed by atoms with Crippen molar-refractivity contribution in [3.63, 3.8) is 0 Å². The summed E-state index contributed by atoms with van der Waals surface area (Å²) in [6.45, 7) is 0. The molecule has 1 aliphatic carbocycles. The van der Waals surface area contributed by atoms with E-state index in [1.807, 2.05) is 0 Å². The number of aromatic nitrogens is 4. The maximum absolute atomic E-state index is 6.26. The van der Waals surface area contributed by atoms with Gasteiger partial charge >= 0.3 is 0 Å². The van der Waals surface area contributed by atoms with Gasteiger partial charge in [0.1, 0.15) is 6.33 Å². The molecule has 2 N–H and O–H groups in total. The average molecular weight is 231 g/mol. The SMILES string of the molecule is NC1(c2noc(-c3cncnc3)n2)CCCC1. The van der Waals surface area contributed by atoms with Crippen molar-refractivity contribution < 1.29 is 4.52 Å². The number of nitrogens with zero attached hydrogens (tertiary/aromatic N) is 4. The Morgan fingerprint density at radius 2 is 1.88 bits per heavy atom. The molecule has 2 aromatic rings. The van der Waals surface area contributed by atoms with Crippen molar-refractivity contribution in [2.45, 2.75) is 31.2 Å². The molecule has 6 heteroatoms. The highest BCUT2D eigenvalue weighted by atomic mass is 16.5. The fourth-order valence-corrected chi connectivity index (χ4v) is 2.18. The predicted octanol–water partition coefficient (Wildman–Crippen LogP) is 1.25. The van der Waals surface area contributed by atoms with Crippen molar-refractivity contribution in [1.29, 1.82) is 0 Å². The van der Waals surface area contributed by atoms with E-state index in [0.717, 1.165) is 25.7 Å². The molecule has 17 heavy (non-hydrogen) atoms. The van der Waals surface area contributed by atoms with Gasteiger partial charge in [-0.2, -0.15) is 4.98 Å². The summed E-state index contributed by atoms with van der Waals surface area (Å²) >= 11 is 0. The molecule has 1 fully saturated rings. The molecule has 0 spiro atoms. The molecule has 0 atom stereocenters. The maximum Gasteiger partial charge on any atom is 0.261 e. The topological polar surface area (TPSA) is 90.7 Å². The fraction of sp³-hybridized carbons (Fsp3) is 0.455. The lowest BCUT2D eigenvalue weighted by Crippen LogP contribution is -2.34. The maximum atomic E-state index is 6.26. The summed E-state index contributed by atoms with van der Waals surface area (Å²) in [6.07, 6.45) is 8.81. The molecule has 0 aliphatic heterocycles. The van der Waals surface area contributed by atoms with Crippen LogP contribution >= 0.6 is 0 Å². The average Bonchev–Trinajstić information content (AvgIpc) is 2.99. The molecule has 6 nitrogen and oxygen atoms in total. The minimum Gasteiger partial charge on any atom is -0.334 e. The number of nitrogens with two attached hydrogens (primary N) is 1. The quantitative estimate of drug-likeness (QED) is 0.836. The van der Waals surface area contributed by atoms with Crippen LogP contribution < -0.4 is 5.73 Å². The molecule has 2 aromatic heterocycles. The third-order valence-corrected chi connectivity index (χ3v) is 3.17. The van der Waals surface area contributed by atoms with Gasteiger partial charge < -0.3 is 10.3 Å². The summed E-state index contributed by atoms with van der Waals surface area (Å²) in [4.78, 5) is 12.2. The molecule has 0 saturated heterocycles. The lowest BCUT2D eigenvalue weighted by Gasteiger charge is -2.17.